The predicted octanol–water partition coefficient (Wildman–Crippen LogP) is 3.85. The fourth-order valence-electron chi connectivity index (χ4n) is 1.73. The molecule has 0 aliphatic heterocycles. The lowest BCUT2D eigenvalue weighted by Gasteiger charge is -2.23. The van der Waals surface area contributed by atoms with E-state index < -0.39 is 0 Å². The van der Waals surface area contributed by atoms with Crippen molar-refractivity contribution in [3.63, 3.8) is 0 Å². The van der Waals surface area contributed by atoms with E-state index in [1.807, 2.05) is 25.1 Å². The van der Waals surface area contributed by atoms with Crippen LogP contribution in [0.4, 0.5) is 0 Å². The van der Waals surface area contributed by atoms with Crippen molar-refractivity contribution in [2.45, 2.75) is 33.7 Å². The Morgan fingerprint density at radius 1 is 1.26 bits per heavy atom. The maximum atomic E-state index is 6.13. The van der Waals surface area contributed by atoms with E-state index in [0.717, 1.165) is 15.6 Å². The Balaban J connectivity index is 2.36. The molecule has 2 N–H and O–H groups in total. The molecule has 5 heteroatoms. The van der Waals surface area contributed by atoms with Crippen molar-refractivity contribution in [3.8, 4) is 11.5 Å². The highest BCUT2D eigenvalue weighted by Crippen LogP contribution is 2.30. The molecule has 1 aromatic carbocycles. The van der Waals surface area contributed by atoms with Gasteiger partial charge in [0.25, 0.3) is 5.89 Å². The van der Waals surface area contributed by atoms with Gasteiger partial charge in [-0.15, -0.1) is 0 Å². The zero-order valence-electron chi connectivity index (χ0n) is 11.6. The van der Waals surface area contributed by atoms with Crippen molar-refractivity contribution in [2.75, 3.05) is 0 Å². The van der Waals surface area contributed by atoms with Crippen LogP contribution in [0.3, 0.4) is 0 Å². The summed E-state index contributed by atoms with van der Waals surface area (Å²) in [6.45, 7) is 8.18. The molecule has 4 nitrogen and oxygen atoms in total. The molecule has 0 bridgehead atoms. The average molecular weight is 324 g/mol. The molecule has 2 aromatic rings. The van der Waals surface area contributed by atoms with Crippen LogP contribution in [0, 0.1) is 12.3 Å². The van der Waals surface area contributed by atoms with Gasteiger partial charge < -0.3 is 10.3 Å². The first-order chi connectivity index (χ1) is 8.77. The molecule has 0 fully saturated rings. The highest BCUT2D eigenvalue weighted by Gasteiger charge is 2.27. The number of halogens is 1. The second-order valence-electron chi connectivity index (χ2n) is 5.82. The van der Waals surface area contributed by atoms with Gasteiger partial charge in [-0.2, -0.15) is 4.98 Å². The molecular weight excluding hydrogens is 306 g/mol. The number of rotatable bonds is 2. The Morgan fingerprint density at radius 2 is 1.95 bits per heavy atom. The second kappa shape index (κ2) is 5.06. The summed E-state index contributed by atoms with van der Waals surface area (Å²) in [7, 11) is 0. The fraction of sp³-hybridized carbons (Fsp3) is 0.429. The summed E-state index contributed by atoms with van der Waals surface area (Å²) in [4.78, 5) is 4.41. The third-order valence-electron chi connectivity index (χ3n) is 2.94. The molecular formula is C14H18BrN3O. The van der Waals surface area contributed by atoms with Gasteiger partial charge in [0.1, 0.15) is 0 Å². The first kappa shape index (κ1) is 14.2. The second-order valence-corrected chi connectivity index (χ2v) is 6.73. The zero-order chi connectivity index (χ0) is 14.2. The lowest BCUT2D eigenvalue weighted by atomic mass is 9.87. The normalized spacial score (nSPS) is 13.6. The minimum absolute atomic E-state index is 0.103. The van der Waals surface area contributed by atoms with Crippen molar-refractivity contribution in [2.24, 2.45) is 11.1 Å². The Labute approximate surface area is 121 Å². The molecule has 0 radical (unpaired) electrons. The van der Waals surface area contributed by atoms with Gasteiger partial charge in [0.2, 0.25) is 0 Å². The molecule has 1 atom stereocenters. The minimum Gasteiger partial charge on any atom is -0.334 e. The summed E-state index contributed by atoms with van der Waals surface area (Å²) in [5.74, 6) is 1.04. The highest BCUT2D eigenvalue weighted by atomic mass is 79.9. The number of aromatic nitrogens is 2. The minimum atomic E-state index is -0.252. The van der Waals surface area contributed by atoms with Crippen LogP contribution in [-0.2, 0) is 0 Å². The van der Waals surface area contributed by atoms with Gasteiger partial charge >= 0.3 is 0 Å². The highest BCUT2D eigenvalue weighted by molar-refractivity contribution is 9.10. The Morgan fingerprint density at radius 3 is 2.53 bits per heavy atom. The maximum Gasteiger partial charge on any atom is 0.258 e. The van der Waals surface area contributed by atoms with Gasteiger partial charge in [-0.3, -0.25) is 0 Å². The van der Waals surface area contributed by atoms with Crippen LogP contribution in [-0.4, -0.2) is 10.1 Å². The van der Waals surface area contributed by atoms with Gasteiger partial charge in [-0.25, -0.2) is 0 Å². The van der Waals surface area contributed by atoms with E-state index in [1.54, 1.807) is 0 Å². The van der Waals surface area contributed by atoms with Gasteiger partial charge in [0, 0.05) is 10.0 Å². The average Bonchev–Trinajstić information content (AvgIpc) is 2.74. The van der Waals surface area contributed by atoms with Crippen molar-refractivity contribution >= 4 is 15.9 Å². The van der Waals surface area contributed by atoms with E-state index >= 15 is 0 Å². The number of nitrogens with two attached hydrogens (primary N) is 1. The number of nitrogens with zero attached hydrogens (tertiary/aromatic N) is 2. The van der Waals surface area contributed by atoms with Crippen molar-refractivity contribution in [1.82, 2.24) is 10.1 Å². The molecule has 0 aliphatic rings. The summed E-state index contributed by atoms with van der Waals surface area (Å²) >= 11 is 3.46. The molecule has 1 unspecified atom stereocenters. The Bertz CT molecular complexity index is 566. The van der Waals surface area contributed by atoms with Crippen LogP contribution in [0.5, 0.6) is 0 Å². The lowest BCUT2D eigenvalue weighted by molar-refractivity contribution is 0.303. The fourth-order valence-corrected chi connectivity index (χ4v) is 2.33. The molecule has 0 spiro atoms. The molecule has 102 valence electrons. The zero-order valence-corrected chi connectivity index (χ0v) is 13.2. The van der Waals surface area contributed by atoms with Gasteiger partial charge in [0.05, 0.1) is 6.04 Å². The van der Waals surface area contributed by atoms with E-state index in [0.29, 0.717) is 11.7 Å². The van der Waals surface area contributed by atoms with Gasteiger partial charge in [0.15, 0.2) is 5.82 Å². The number of aryl methyl sites for hydroxylation is 1. The van der Waals surface area contributed by atoms with Crippen molar-refractivity contribution < 1.29 is 4.52 Å². The quantitative estimate of drug-likeness (QED) is 0.911. The first-order valence-electron chi connectivity index (χ1n) is 6.14. The van der Waals surface area contributed by atoms with Gasteiger partial charge in [-0.1, -0.05) is 41.9 Å². The lowest BCUT2D eigenvalue weighted by Crippen LogP contribution is -2.27. The van der Waals surface area contributed by atoms with Crippen LogP contribution in [0.15, 0.2) is 27.2 Å². The van der Waals surface area contributed by atoms with Gasteiger partial charge in [-0.05, 0) is 36.1 Å². The third-order valence-corrected chi connectivity index (χ3v) is 3.40. The van der Waals surface area contributed by atoms with E-state index in [2.05, 4.69) is 46.8 Å². The molecule has 1 heterocycles. The monoisotopic (exact) mass is 323 g/mol. The number of hydrogen-bond acceptors (Lipinski definition) is 4. The molecule has 0 saturated carbocycles. The summed E-state index contributed by atoms with van der Waals surface area (Å²) in [5, 5.41) is 3.99. The predicted molar refractivity (Wildman–Crippen MR) is 78.6 cm³/mol. The molecule has 0 saturated heterocycles. The van der Waals surface area contributed by atoms with Crippen LogP contribution in [0.2, 0.25) is 0 Å². The van der Waals surface area contributed by atoms with Crippen LogP contribution in [0.1, 0.15) is 38.2 Å². The van der Waals surface area contributed by atoms with Crippen LogP contribution in [0.25, 0.3) is 11.5 Å². The molecule has 1 aromatic heterocycles. The molecule has 0 amide bonds. The van der Waals surface area contributed by atoms with E-state index in [9.17, 15) is 0 Å². The summed E-state index contributed by atoms with van der Waals surface area (Å²) in [5.41, 5.74) is 8.05. The topological polar surface area (TPSA) is 64.9 Å². The van der Waals surface area contributed by atoms with Crippen LogP contribution >= 0.6 is 15.9 Å². The maximum absolute atomic E-state index is 6.13. The SMILES string of the molecule is Cc1cc(Br)cc(-c2nc(C(N)C(C)(C)C)no2)c1. The Kier molecular flexibility index (Phi) is 3.78. The third kappa shape index (κ3) is 3.22. The molecule has 19 heavy (non-hydrogen) atoms. The molecule has 2 rings (SSSR count). The number of hydrogen-bond donors (Lipinski definition) is 1. The Hall–Kier alpha value is -1.20. The van der Waals surface area contributed by atoms with Crippen LogP contribution < -0.4 is 5.73 Å². The number of benzene rings is 1. The van der Waals surface area contributed by atoms with E-state index in [4.69, 9.17) is 10.3 Å². The molecule has 0 aliphatic carbocycles. The van der Waals surface area contributed by atoms with E-state index in [-0.39, 0.29) is 11.5 Å². The van der Waals surface area contributed by atoms with Crippen molar-refractivity contribution in [1.29, 1.82) is 0 Å². The largest absolute Gasteiger partial charge is 0.334 e. The smallest absolute Gasteiger partial charge is 0.258 e. The van der Waals surface area contributed by atoms with E-state index in [1.165, 1.54) is 0 Å². The standard InChI is InChI=1S/C14H18BrN3O/c1-8-5-9(7-10(15)6-8)13-17-12(18-19-13)11(16)14(2,3)4/h5-7,11H,16H2,1-4H3. The summed E-state index contributed by atoms with van der Waals surface area (Å²) in [6.07, 6.45) is 0. The van der Waals surface area contributed by atoms with Crippen molar-refractivity contribution in [3.05, 3.63) is 34.1 Å². The summed E-state index contributed by atoms with van der Waals surface area (Å²) < 4.78 is 6.30. The first-order valence-corrected chi connectivity index (χ1v) is 6.93. The summed E-state index contributed by atoms with van der Waals surface area (Å²) in [6, 6.07) is 5.73.